The van der Waals surface area contributed by atoms with Crippen LogP contribution in [-0.2, 0) is 32.4 Å². The van der Waals surface area contributed by atoms with Gasteiger partial charge in [0.15, 0.2) is 0 Å². The Morgan fingerprint density at radius 1 is 1.14 bits per heavy atom. The van der Waals surface area contributed by atoms with Gasteiger partial charge in [-0.2, -0.15) is 0 Å². The van der Waals surface area contributed by atoms with Gasteiger partial charge in [-0.15, -0.1) is 0 Å². The molecule has 3 aliphatic rings. The van der Waals surface area contributed by atoms with E-state index >= 15 is 0 Å². The summed E-state index contributed by atoms with van der Waals surface area (Å²) in [5.74, 6) is 1.28. The van der Waals surface area contributed by atoms with Gasteiger partial charge in [0.1, 0.15) is 0 Å². The van der Waals surface area contributed by atoms with E-state index in [1.807, 2.05) is 4.57 Å². The third-order valence-corrected chi connectivity index (χ3v) is 8.23. The van der Waals surface area contributed by atoms with Gasteiger partial charge in [-0.25, -0.2) is 13.4 Å². The van der Waals surface area contributed by atoms with Crippen LogP contribution in [0.25, 0.3) is 0 Å². The number of hydrogen-bond donors (Lipinski definition) is 0. The summed E-state index contributed by atoms with van der Waals surface area (Å²) in [4.78, 5) is 6.68. The molecule has 0 bridgehead atoms. The summed E-state index contributed by atoms with van der Waals surface area (Å²) < 4.78 is 39.1. The predicted octanol–water partition coefficient (Wildman–Crippen LogP) is 2.49. The van der Waals surface area contributed by atoms with E-state index in [0.717, 1.165) is 82.9 Å². The van der Waals surface area contributed by atoms with Gasteiger partial charge in [-0.3, -0.25) is 0 Å². The van der Waals surface area contributed by atoms with Crippen molar-refractivity contribution in [3.63, 3.8) is 0 Å². The maximum Gasteiger partial charge on any atom is 0.227 e. The van der Waals surface area contributed by atoms with E-state index < -0.39 is 9.84 Å². The van der Waals surface area contributed by atoms with Gasteiger partial charge in [0.25, 0.3) is 0 Å². The first-order chi connectivity index (χ1) is 14.0. The van der Waals surface area contributed by atoms with Crippen molar-refractivity contribution in [2.24, 2.45) is 11.8 Å². The van der Waals surface area contributed by atoms with Gasteiger partial charge in [0.2, 0.25) is 15.0 Å². The lowest BCUT2D eigenvalue weighted by Crippen LogP contribution is -2.27. The lowest BCUT2D eigenvalue weighted by Gasteiger charge is -2.25. The molecule has 29 heavy (non-hydrogen) atoms. The van der Waals surface area contributed by atoms with Crippen LogP contribution in [0.3, 0.4) is 0 Å². The summed E-state index contributed by atoms with van der Waals surface area (Å²) in [6, 6.07) is 0. The number of hydrogen-bond acceptors (Lipinski definition) is 6. The third-order valence-electron chi connectivity index (χ3n) is 6.43. The Hall–Kier alpha value is -0.960. The van der Waals surface area contributed by atoms with E-state index in [1.165, 1.54) is 0 Å². The molecule has 1 saturated carbocycles. The summed E-state index contributed by atoms with van der Waals surface area (Å²) in [5.41, 5.74) is 0.976. The van der Waals surface area contributed by atoms with Crippen molar-refractivity contribution in [2.45, 2.75) is 69.3 Å². The molecule has 0 amide bonds. The second kappa shape index (κ2) is 9.45. The zero-order valence-electron chi connectivity index (χ0n) is 17.6. The maximum absolute atomic E-state index is 13.0. The average molecular weight is 426 g/mol. The summed E-state index contributed by atoms with van der Waals surface area (Å²) >= 11 is 0. The van der Waals surface area contributed by atoms with E-state index in [-0.39, 0.29) is 17.0 Å². The highest BCUT2D eigenvalue weighted by Crippen LogP contribution is 2.32. The first-order valence-electron chi connectivity index (χ1n) is 11.2. The van der Waals surface area contributed by atoms with Crippen LogP contribution < -0.4 is 0 Å². The minimum absolute atomic E-state index is 0.0883. The van der Waals surface area contributed by atoms with Crippen molar-refractivity contribution in [3.05, 3.63) is 11.9 Å². The van der Waals surface area contributed by atoms with Gasteiger partial charge >= 0.3 is 0 Å². The Bertz CT molecular complexity index is 763. The lowest BCUT2D eigenvalue weighted by molar-refractivity contribution is 0.0606. The summed E-state index contributed by atoms with van der Waals surface area (Å²) in [7, 11) is -1.24. The fourth-order valence-corrected chi connectivity index (χ4v) is 6.26. The second-order valence-corrected chi connectivity index (χ2v) is 11.0. The zero-order valence-corrected chi connectivity index (χ0v) is 18.4. The average Bonchev–Trinajstić information content (AvgIpc) is 3.18. The van der Waals surface area contributed by atoms with Crippen molar-refractivity contribution in [2.75, 3.05) is 39.2 Å². The third kappa shape index (κ3) is 5.81. The molecule has 1 unspecified atom stereocenters. The molecule has 3 heterocycles. The minimum Gasteiger partial charge on any atom is -0.381 e. The van der Waals surface area contributed by atoms with Crippen LogP contribution in [0.5, 0.6) is 0 Å². The summed E-state index contributed by atoms with van der Waals surface area (Å²) in [6.45, 7) is 4.82. The Labute approximate surface area is 174 Å². The van der Waals surface area contributed by atoms with Gasteiger partial charge in [0.05, 0.1) is 30.3 Å². The van der Waals surface area contributed by atoms with Crippen LogP contribution in [0.1, 0.15) is 50.6 Å². The number of rotatable bonds is 10. The number of ether oxygens (including phenoxy) is 2. The first-order valence-corrected chi connectivity index (χ1v) is 12.8. The molecule has 0 aromatic carbocycles. The molecule has 7 nitrogen and oxygen atoms in total. The van der Waals surface area contributed by atoms with E-state index in [1.54, 1.807) is 6.20 Å². The Morgan fingerprint density at radius 2 is 1.93 bits per heavy atom. The largest absolute Gasteiger partial charge is 0.381 e. The maximum atomic E-state index is 13.0. The molecule has 0 N–H and O–H groups in total. The molecule has 1 atom stereocenters. The zero-order chi connectivity index (χ0) is 20.3. The van der Waals surface area contributed by atoms with Gasteiger partial charge in [0, 0.05) is 26.4 Å². The molecule has 2 aliphatic heterocycles. The van der Waals surface area contributed by atoms with E-state index in [0.29, 0.717) is 19.0 Å². The fraction of sp³-hybridized carbons (Fsp3) is 0.857. The molecule has 2 saturated heterocycles. The Balaban J connectivity index is 1.44. The summed E-state index contributed by atoms with van der Waals surface area (Å²) in [6.07, 6.45) is 9.38. The van der Waals surface area contributed by atoms with Gasteiger partial charge < -0.3 is 18.9 Å². The highest BCUT2D eigenvalue weighted by molar-refractivity contribution is 7.91. The van der Waals surface area contributed by atoms with Crippen LogP contribution in [-0.4, -0.2) is 68.1 Å². The Morgan fingerprint density at radius 3 is 2.62 bits per heavy atom. The smallest absolute Gasteiger partial charge is 0.227 e. The van der Waals surface area contributed by atoms with Crippen molar-refractivity contribution in [3.8, 4) is 0 Å². The second-order valence-electron chi connectivity index (χ2n) is 9.08. The number of nitrogens with zero attached hydrogens (tertiary/aromatic N) is 3. The fourth-order valence-electron chi connectivity index (χ4n) is 4.42. The quantitative estimate of drug-likeness (QED) is 0.573. The van der Waals surface area contributed by atoms with Crippen LogP contribution in [0.15, 0.2) is 11.4 Å². The van der Waals surface area contributed by atoms with Crippen LogP contribution >= 0.6 is 0 Å². The topological polar surface area (TPSA) is 73.7 Å². The lowest BCUT2D eigenvalue weighted by atomic mass is 9.96. The molecule has 1 aromatic heterocycles. The number of imidazole rings is 1. The normalized spacial score (nSPS) is 23.9. The Kier molecular flexibility index (Phi) is 6.94. The standard InChI is InChI=1S/C21H35N3O4S/c1-23(9-6-17-7-11-27-12-8-17)14-19-13-22-21(29(25,26)16-18-4-5-18)24(19)15-20-3-2-10-28-20/h13,17-18,20H,2-12,14-16H2,1H3. The van der Waals surface area contributed by atoms with E-state index in [4.69, 9.17) is 9.47 Å². The van der Waals surface area contributed by atoms with Crippen molar-refractivity contribution in [1.82, 2.24) is 14.5 Å². The predicted molar refractivity (Wildman–Crippen MR) is 110 cm³/mol. The molecule has 4 rings (SSSR count). The van der Waals surface area contributed by atoms with Crippen LogP contribution in [0.4, 0.5) is 0 Å². The first kappa shape index (κ1) is 21.3. The highest BCUT2D eigenvalue weighted by atomic mass is 32.2. The molecule has 1 aromatic rings. The highest BCUT2D eigenvalue weighted by Gasteiger charge is 2.33. The molecule has 164 valence electrons. The van der Waals surface area contributed by atoms with Crippen LogP contribution in [0.2, 0.25) is 0 Å². The van der Waals surface area contributed by atoms with Crippen molar-refractivity contribution >= 4 is 9.84 Å². The van der Waals surface area contributed by atoms with Crippen LogP contribution in [0, 0.1) is 11.8 Å². The number of aromatic nitrogens is 2. The van der Waals surface area contributed by atoms with Crippen molar-refractivity contribution < 1.29 is 17.9 Å². The molecule has 1 aliphatic carbocycles. The summed E-state index contributed by atoms with van der Waals surface area (Å²) in [5, 5.41) is 0.243. The SMILES string of the molecule is CN(CCC1CCOCC1)Cc1cnc(S(=O)(=O)CC2CC2)n1CC1CCCO1. The van der Waals surface area contributed by atoms with Gasteiger partial charge in [-0.1, -0.05) is 0 Å². The van der Waals surface area contributed by atoms with Gasteiger partial charge in [-0.05, 0) is 70.4 Å². The molecular weight excluding hydrogens is 390 g/mol. The minimum atomic E-state index is -3.35. The molecular formula is C21H35N3O4S. The van der Waals surface area contributed by atoms with E-state index in [9.17, 15) is 8.42 Å². The van der Waals surface area contributed by atoms with Crippen molar-refractivity contribution in [1.29, 1.82) is 0 Å². The monoisotopic (exact) mass is 425 g/mol. The molecule has 0 spiro atoms. The molecule has 3 fully saturated rings. The number of sulfone groups is 1. The van der Waals surface area contributed by atoms with E-state index in [2.05, 4.69) is 16.9 Å². The molecule has 0 radical (unpaired) electrons. The molecule has 8 heteroatoms.